The average Bonchev–Trinajstić information content (AvgIpc) is 1.63. The van der Waals surface area contributed by atoms with E-state index in [1.165, 1.54) is 31.8 Å². The number of aliphatic hydroxyl groups is 1. The van der Waals surface area contributed by atoms with Crippen molar-refractivity contribution in [1.29, 1.82) is 0 Å². The molecule has 0 radical (unpaired) electrons. The lowest BCUT2D eigenvalue weighted by atomic mass is 9.93. The molecule has 15 rings (SSSR count). The Balaban J connectivity index is 0.000000136. The van der Waals surface area contributed by atoms with Crippen LogP contribution in [0, 0.1) is 20.8 Å². The fourth-order valence-electron chi connectivity index (χ4n) is 14.1. The Hall–Kier alpha value is -11.3. The van der Waals surface area contributed by atoms with Crippen LogP contribution in [0.3, 0.4) is 0 Å². The molecule has 10 N–H and O–H groups in total. The summed E-state index contributed by atoms with van der Waals surface area (Å²) < 4.78 is 11.3. The van der Waals surface area contributed by atoms with Crippen LogP contribution >= 0.6 is 0 Å². The first-order chi connectivity index (χ1) is 49.2. The number of carbonyl (C=O) groups is 3. The van der Waals surface area contributed by atoms with Crippen molar-refractivity contribution in [2.24, 2.45) is 0 Å². The number of nitrogens with two attached hydrogens (primary N) is 3. The molecule has 6 aromatic carbocycles. The third-order valence-corrected chi connectivity index (χ3v) is 19.7. The summed E-state index contributed by atoms with van der Waals surface area (Å²) in [5, 5.41) is 35.4. The number of nitrogen functional groups attached to an aromatic ring is 3. The molecule has 3 aliphatic rings. The van der Waals surface area contributed by atoms with Gasteiger partial charge < -0.3 is 43.0 Å². The molecule has 2 atom stereocenters. The Kier molecular flexibility index (Phi) is 20.8. The molecule has 12 aromatic rings. The van der Waals surface area contributed by atoms with Gasteiger partial charge in [0.15, 0.2) is 17.1 Å². The topological polar surface area (TPSA) is 326 Å². The van der Waals surface area contributed by atoms with Gasteiger partial charge in [-0.25, -0.2) is 43.9 Å². The zero-order valence-electron chi connectivity index (χ0n) is 57.3. The number of amides is 3. The van der Waals surface area contributed by atoms with Crippen LogP contribution < -0.4 is 33.2 Å². The largest absolute Gasteiger partial charge is 0.393 e. The number of hydrogen-bond acceptors (Lipinski definition) is 17. The van der Waals surface area contributed by atoms with E-state index < -0.39 is 0 Å². The molecule has 6 heterocycles. The second kappa shape index (κ2) is 30.9. The van der Waals surface area contributed by atoms with Crippen molar-refractivity contribution < 1.29 is 24.2 Å². The van der Waals surface area contributed by atoms with E-state index in [4.69, 9.17) is 37.2 Å². The maximum Gasteiger partial charge on any atom is 0.251 e. The lowest BCUT2D eigenvalue weighted by Gasteiger charge is -2.27. The maximum absolute atomic E-state index is 12.5. The summed E-state index contributed by atoms with van der Waals surface area (Å²) in [5.74, 6) is 1.42. The molecule has 3 aliphatic carbocycles. The van der Waals surface area contributed by atoms with Crippen LogP contribution in [0.2, 0.25) is 0 Å². The lowest BCUT2D eigenvalue weighted by Crippen LogP contribution is -2.23. The molecule has 3 fully saturated rings. The Morgan fingerprint density at radius 1 is 0.485 bits per heavy atom. The van der Waals surface area contributed by atoms with Gasteiger partial charge in [-0.1, -0.05) is 128 Å². The first-order valence-electron chi connectivity index (χ1n) is 34.6. The number of ether oxygens (including phenoxy) is 1. The smallest absolute Gasteiger partial charge is 0.251 e. The zero-order valence-corrected chi connectivity index (χ0v) is 57.3. The van der Waals surface area contributed by atoms with Gasteiger partial charge >= 0.3 is 0 Å². The number of benzene rings is 6. The van der Waals surface area contributed by atoms with Crippen LogP contribution in [-0.2, 0) is 24.4 Å². The standard InChI is InChI=1S/C27H30N6O2.C26H28N6O2.C25H26N6O/c1-17-5-3-4-6-22(17)27(34)29-15-18-7-9-19(10-8-18)24-23-25(28)30-16-31-26(23)33(32-24)20-11-13-21(35-2)14-12-20;1-16-5-2-3-8-21(16)26(34)28-14-17-9-11-18(12-10-17)23-22-24(27)29-15-30-25(22)32(31-23)19-6-4-7-20(33)13-19;1-16-6-2-5-9-20(16)25(32)27-14-17-10-12-19(13-11-17)31-23-22(28-15-29-24(23)26)21(30-31)18-7-3-4-8-18/h3-10,16,20-21H,11-15H2,1-2H3,(H,29,34)(H2,28,30,31);2-3,5,8-12,15,19-20,33H,4,6-7,13-14H2,1H3,(H,28,34)(H2,27,29,30);2,5-6,9-13,15,18H,3-4,7-8,14H2,1H3,(H,27,32)(H2,26,28,29). The average molecular weight is 1350 g/mol. The van der Waals surface area contributed by atoms with Crippen molar-refractivity contribution in [3.05, 3.63) is 220 Å². The number of aryl methyl sites for hydroxylation is 3. The van der Waals surface area contributed by atoms with E-state index in [0.717, 1.165) is 153 Å². The highest BCUT2D eigenvalue weighted by Gasteiger charge is 2.30. The quantitative estimate of drug-likeness (QED) is 0.0473. The molecule has 3 saturated carbocycles. The van der Waals surface area contributed by atoms with Gasteiger partial charge in [0.2, 0.25) is 0 Å². The third-order valence-electron chi connectivity index (χ3n) is 19.7. The SMILES string of the molecule is COC1CCC(n2nc(-c3ccc(CNC(=O)c4ccccc4C)cc3)c3c(N)ncnc32)CC1.Cc1ccccc1C(=O)NCc1ccc(-c2nn(C3CCCC(O)C3)c3ncnc(N)c23)cc1.Cc1ccccc1C(=O)NCc1ccc(-n2nc(C3CCCC3)c3ncnc(N)c32)cc1. The van der Waals surface area contributed by atoms with Gasteiger partial charge in [-0.2, -0.15) is 15.3 Å². The minimum absolute atomic E-state index is 0.0728. The van der Waals surface area contributed by atoms with E-state index in [1.807, 2.05) is 180 Å². The number of aliphatic hydroxyl groups excluding tert-OH is 1. The number of nitrogens with one attached hydrogen (secondary N) is 3. The Morgan fingerprint density at radius 2 is 0.921 bits per heavy atom. The summed E-state index contributed by atoms with van der Waals surface area (Å²) in [6.07, 6.45) is 16.5. The minimum atomic E-state index is -0.324. The van der Waals surface area contributed by atoms with Gasteiger partial charge in [0.05, 0.1) is 46.4 Å². The Labute approximate surface area is 585 Å². The molecule has 0 spiro atoms. The second-order valence-corrected chi connectivity index (χ2v) is 26.4. The van der Waals surface area contributed by atoms with Crippen molar-refractivity contribution >= 4 is 68.3 Å². The first kappa shape index (κ1) is 68.2. The number of nitrogens with zero attached hydrogens (tertiary/aromatic N) is 12. The summed E-state index contributed by atoms with van der Waals surface area (Å²) in [6.45, 7) is 7.12. The summed E-state index contributed by atoms with van der Waals surface area (Å²) in [4.78, 5) is 63.7. The van der Waals surface area contributed by atoms with Crippen LogP contribution in [0.4, 0.5) is 17.5 Å². The number of rotatable bonds is 16. The highest BCUT2D eigenvalue weighted by Crippen LogP contribution is 2.40. The van der Waals surface area contributed by atoms with Gasteiger partial charge in [-0.3, -0.25) is 14.4 Å². The first-order valence-corrected chi connectivity index (χ1v) is 34.6. The fraction of sp³-hybridized carbons (Fsp3) is 0.308. The van der Waals surface area contributed by atoms with Crippen LogP contribution in [0.1, 0.15) is 165 Å². The van der Waals surface area contributed by atoms with Gasteiger partial charge in [0.25, 0.3) is 17.7 Å². The van der Waals surface area contributed by atoms with E-state index in [0.29, 0.717) is 77.9 Å². The Morgan fingerprint density at radius 3 is 1.38 bits per heavy atom. The lowest BCUT2D eigenvalue weighted by molar-refractivity contribution is 0.0574. The molecule has 2 unspecified atom stereocenters. The molecular weight excluding hydrogens is 1270 g/mol. The Bertz CT molecular complexity index is 4920. The molecule has 0 saturated heterocycles. The molecule has 101 heavy (non-hydrogen) atoms. The summed E-state index contributed by atoms with van der Waals surface area (Å²) in [7, 11) is 1.78. The van der Waals surface area contributed by atoms with Crippen molar-refractivity contribution in [3.63, 3.8) is 0 Å². The molecule has 6 aromatic heterocycles. The maximum atomic E-state index is 12.5. The van der Waals surface area contributed by atoms with E-state index in [9.17, 15) is 19.5 Å². The van der Waals surface area contributed by atoms with Crippen molar-refractivity contribution in [2.45, 2.75) is 148 Å². The second-order valence-electron chi connectivity index (χ2n) is 26.4. The minimum Gasteiger partial charge on any atom is -0.393 e. The number of methoxy groups -OCH3 is 1. The highest BCUT2D eigenvalue weighted by atomic mass is 16.5. The normalized spacial score (nSPS) is 16.8. The van der Waals surface area contributed by atoms with E-state index in [2.05, 4.69) is 45.9 Å². The molecule has 0 bridgehead atoms. The molecule has 23 nitrogen and oxygen atoms in total. The van der Waals surface area contributed by atoms with Crippen LogP contribution in [0.25, 0.3) is 61.3 Å². The van der Waals surface area contributed by atoms with E-state index in [-0.39, 0.29) is 35.9 Å². The summed E-state index contributed by atoms with van der Waals surface area (Å²) >= 11 is 0. The van der Waals surface area contributed by atoms with Crippen molar-refractivity contribution in [3.8, 4) is 28.2 Å². The molecular formula is C78H84N18O5. The summed E-state index contributed by atoms with van der Waals surface area (Å²) in [5.41, 5.74) is 35.0. The van der Waals surface area contributed by atoms with Crippen LogP contribution in [0.15, 0.2) is 165 Å². The number of fused-ring (bicyclic) bond motifs is 3. The van der Waals surface area contributed by atoms with Gasteiger partial charge in [-0.05, 0) is 149 Å². The number of aromatic nitrogens is 12. The predicted molar refractivity (Wildman–Crippen MR) is 391 cm³/mol. The van der Waals surface area contributed by atoms with Gasteiger partial charge in [0, 0.05) is 60.5 Å². The van der Waals surface area contributed by atoms with Crippen molar-refractivity contribution in [1.82, 2.24) is 75.2 Å². The number of carbonyl (C=O) groups excluding carboxylic acids is 3. The molecule has 3 amide bonds. The monoisotopic (exact) mass is 1350 g/mol. The predicted octanol–water partition coefficient (Wildman–Crippen LogP) is 12.5. The third kappa shape index (κ3) is 15.2. The highest BCUT2D eigenvalue weighted by molar-refractivity contribution is 6.00. The number of hydrogen-bond donors (Lipinski definition) is 7. The van der Waals surface area contributed by atoms with E-state index >= 15 is 0 Å². The molecule has 516 valence electrons. The molecule has 0 aliphatic heterocycles. The summed E-state index contributed by atoms with van der Waals surface area (Å²) in [6, 6.07) is 46.9. The van der Waals surface area contributed by atoms with Crippen molar-refractivity contribution in [2.75, 3.05) is 24.3 Å². The fourth-order valence-corrected chi connectivity index (χ4v) is 14.1. The molecule has 23 heteroatoms. The van der Waals surface area contributed by atoms with Crippen LogP contribution in [0.5, 0.6) is 0 Å². The van der Waals surface area contributed by atoms with Gasteiger partial charge in [0.1, 0.15) is 53.0 Å². The zero-order chi connectivity index (χ0) is 70.1. The van der Waals surface area contributed by atoms with Gasteiger partial charge in [-0.15, -0.1) is 0 Å². The van der Waals surface area contributed by atoms with Crippen LogP contribution in [-0.4, -0.2) is 101 Å². The van der Waals surface area contributed by atoms with E-state index in [1.54, 1.807) is 7.11 Å². The number of anilines is 3.